The zero-order chi connectivity index (χ0) is 18.0. The summed E-state index contributed by atoms with van der Waals surface area (Å²) < 4.78 is 10.5. The second kappa shape index (κ2) is 6.82. The van der Waals surface area contributed by atoms with Gasteiger partial charge in [0, 0.05) is 43.0 Å². The third kappa shape index (κ3) is 3.50. The van der Waals surface area contributed by atoms with Gasteiger partial charge in [0.2, 0.25) is 5.91 Å². The molecule has 0 aromatic heterocycles. The Hall–Kier alpha value is -2.44. The van der Waals surface area contributed by atoms with Gasteiger partial charge in [0.1, 0.15) is 16.9 Å². The maximum atomic E-state index is 12.4. The lowest BCUT2D eigenvalue weighted by Crippen LogP contribution is -2.47. The first-order valence-electron chi connectivity index (χ1n) is 8.51. The van der Waals surface area contributed by atoms with E-state index in [1.165, 1.54) is 0 Å². The second-order valence-electron chi connectivity index (χ2n) is 6.70. The molecule has 1 aliphatic heterocycles. The number of methoxy groups -OCH3 is 2. The van der Waals surface area contributed by atoms with Crippen molar-refractivity contribution in [2.45, 2.75) is 31.7 Å². The Morgan fingerprint density at radius 3 is 2.12 bits per heavy atom. The third-order valence-corrected chi connectivity index (χ3v) is 5.07. The summed E-state index contributed by atoms with van der Waals surface area (Å²) in [6.45, 7) is 1.15. The van der Waals surface area contributed by atoms with Crippen LogP contribution in [-0.2, 0) is 9.59 Å². The summed E-state index contributed by atoms with van der Waals surface area (Å²) in [5.41, 5.74) is -0.231. The highest BCUT2D eigenvalue weighted by molar-refractivity contribution is 6.04. The van der Waals surface area contributed by atoms with Crippen LogP contribution in [0.1, 0.15) is 25.7 Å². The smallest absolute Gasteiger partial charge is 0.319 e. The Kier molecular flexibility index (Phi) is 4.74. The first kappa shape index (κ1) is 17.4. The molecule has 2 aliphatic rings. The lowest BCUT2D eigenvalue weighted by atomic mass is 10.00. The number of amides is 1. The van der Waals surface area contributed by atoms with Crippen LogP contribution in [0.2, 0.25) is 0 Å². The third-order valence-electron chi connectivity index (χ3n) is 5.07. The van der Waals surface area contributed by atoms with Crippen LogP contribution >= 0.6 is 0 Å². The molecule has 1 heterocycles. The number of likely N-dealkylation sites (tertiary alicyclic amines) is 1. The molecule has 1 saturated carbocycles. The quantitative estimate of drug-likeness (QED) is 0.764. The van der Waals surface area contributed by atoms with E-state index in [0.717, 1.165) is 18.5 Å². The van der Waals surface area contributed by atoms with Crippen molar-refractivity contribution in [1.82, 2.24) is 4.90 Å². The van der Waals surface area contributed by atoms with E-state index in [4.69, 9.17) is 9.47 Å². The van der Waals surface area contributed by atoms with Crippen molar-refractivity contribution in [3.63, 3.8) is 0 Å². The topological polar surface area (TPSA) is 88.1 Å². The van der Waals surface area contributed by atoms with E-state index < -0.39 is 11.4 Å². The Bertz CT molecular complexity index is 641. The molecular weight excluding hydrogens is 324 g/mol. The zero-order valence-electron chi connectivity index (χ0n) is 14.6. The number of carbonyl (C=O) groups is 2. The summed E-state index contributed by atoms with van der Waals surface area (Å²) in [6.07, 6.45) is 2.48. The van der Waals surface area contributed by atoms with Crippen molar-refractivity contribution in [2.24, 2.45) is 5.41 Å². The molecule has 1 aliphatic carbocycles. The first-order chi connectivity index (χ1) is 12.0. The molecule has 1 amide bonds. The molecule has 2 fully saturated rings. The molecule has 1 saturated heterocycles. The summed E-state index contributed by atoms with van der Waals surface area (Å²) in [7, 11) is 3.22. The van der Waals surface area contributed by atoms with E-state index in [1.54, 1.807) is 19.1 Å². The lowest BCUT2D eigenvalue weighted by Gasteiger charge is -2.34. The highest BCUT2D eigenvalue weighted by Gasteiger charge is 2.58. The molecule has 1 aromatic carbocycles. The molecular formula is C18H24N2O5. The Balaban J connectivity index is 1.58. The standard InChI is InChI=1S/C18H24N2O5/c1-24-14-9-13(10-15(11-14)25-2)19-12-3-7-20(8-4-12)16(21)18(5-6-18)17(22)23/h9-12,19H,3-8H2,1-2H3,(H,22,23). The van der Waals surface area contributed by atoms with Crippen LogP contribution in [-0.4, -0.2) is 55.2 Å². The lowest BCUT2D eigenvalue weighted by molar-refractivity contribution is -0.153. The van der Waals surface area contributed by atoms with E-state index >= 15 is 0 Å². The summed E-state index contributed by atoms with van der Waals surface area (Å²) in [6, 6.07) is 5.85. The number of carboxylic acids is 1. The molecule has 0 spiro atoms. The van der Waals surface area contributed by atoms with Gasteiger partial charge in [0.25, 0.3) is 0 Å². The number of aliphatic carboxylic acids is 1. The summed E-state index contributed by atoms with van der Waals surface area (Å²) in [5.74, 6) is 0.223. The first-order valence-corrected chi connectivity index (χ1v) is 8.51. The van der Waals surface area contributed by atoms with Crippen LogP contribution in [0.3, 0.4) is 0 Å². The van der Waals surface area contributed by atoms with Gasteiger partial charge in [0.15, 0.2) is 0 Å². The SMILES string of the molecule is COc1cc(NC2CCN(C(=O)C3(C(=O)O)CC3)CC2)cc(OC)c1. The fourth-order valence-corrected chi connectivity index (χ4v) is 3.30. The average molecular weight is 348 g/mol. The van der Waals surface area contributed by atoms with Crippen molar-refractivity contribution in [3.8, 4) is 11.5 Å². The fraction of sp³-hybridized carbons (Fsp3) is 0.556. The van der Waals surface area contributed by atoms with E-state index in [0.29, 0.717) is 37.4 Å². The number of nitrogens with one attached hydrogen (secondary N) is 1. The number of benzene rings is 1. The van der Waals surface area contributed by atoms with Gasteiger partial charge in [-0.3, -0.25) is 9.59 Å². The molecule has 0 radical (unpaired) electrons. The molecule has 3 rings (SSSR count). The van der Waals surface area contributed by atoms with Crippen LogP contribution in [0.25, 0.3) is 0 Å². The molecule has 25 heavy (non-hydrogen) atoms. The number of piperidine rings is 1. The molecule has 1 aromatic rings. The summed E-state index contributed by atoms with van der Waals surface area (Å²) in [5, 5.41) is 12.7. The van der Waals surface area contributed by atoms with E-state index in [1.807, 2.05) is 18.2 Å². The molecule has 0 atom stereocenters. The van der Waals surface area contributed by atoms with Gasteiger partial charge >= 0.3 is 5.97 Å². The van der Waals surface area contributed by atoms with Gasteiger partial charge < -0.3 is 24.8 Å². The van der Waals surface area contributed by atoms with Crippen molar-refractivity contribution in [1.29, 1.82) is 0 Å². The molecule has 7 nitrogen and oxygen atoms in total. The molecule has 136 valence electrons. The number of hydrogen-bond donors (Lipinski definition) is 2. The normalized spacial score (nSPS) is 19.2. The van der Waals surface area contributed by atoms with Crippen LogP contribution in [0.15, 0.2) is 18.2 Å². The van der Waals surface area contributed by atoms with Gasteiger partial charge in [-0.2, -0.15) is 0 Å². The maximum Gasteiger partial charge on any atom is 0.319 e. The monoisotopic (exact) mass is 348 g/mol. The molecule has 0 unspecified atom stereocenters. The molecule has 0 bridgehead atoms. The number of anilines is 1. The van der Waals surface area contributed by atoms with Crippen LogP contribution in [0.5, 0.6) is 11.5 Å². The molecule has 7 heteroatoms. The number of nitrogens with zero attached hydrogens (tertiary/aromatic N) is 1. The fourth-order valence-electron chi connectivity index (χ4n) is 3.30. The predicted molar refractivity (Wildman–Crippen MR) is 92.1 cm³/mol. The van der Waals surface area contributed by atoms with E-state index in [9.17, 15) is 14.7 Å². The van der Waals surface area contributed by atoms with E-state index in [-0.39, 0.29) is 11.9 Å². The average Bonchev–Trinajstić information content (AvgIpc) is 3.43. The second-order valence-corrected chi connectivity index (χ2v) is 6.70. The van der Waals surface area contributed by atoms with Crippen LogP contribution < -0.4 is 14.8 Å². The minimum absolute atomic E-state index is 0.221. The minimum Gasteiger partial charge on any atom is -0.497 e. The highest BCUT2D eigenvalue weighted by atomic mass is 16.5. The van der Waals surface area contributed by atoms with Crippen LogP contribution in [0, 0.1) is 5.41 Å². The number of ether oxygens (including phenoxy) is 2. The number of carboxylic acid groups (broad SMARTS) is 1. The van der Waals surface area contributed by atoms with Gasteiger partial charge in [0.05, 0.1) is 14.2 Å². The summed E-state index contributed by atoms with van der Waals surface area (Å²) in [4.78, 5) is 25.5. The Morgan fingerprint density at radius 2 is 1.68 bits per heavy atom. The highest BCUT2D eigenvalue weighted by Crippen LogP contribution is 2.47. The zero-order valence-corrected chi connectivity index (χ0v) is 14.6. The van der Waals surface area contributed by atoms with E-state index in [2.05, 4.69) is 5.32 Å². The predicted octanol–water partition coefficient (Wildman–Crippen LogP) is 1.97. The summed E-state index contributed by atoms with van der Waals surface area (Å²) >= 11 is 0. The van der Waals surface area contributed by atoms with Gasteiger partial charge in [-0.1, -0.05) is 0 Å². The Labute approximate surface area is 146 Å². The Morgan fingerprint density at radius 1 is 1.12 bits per heavy atom. The van der Waals surface area contributed by atoms with Gasteiger partial charge in [-0.05, 0) is 25.7 Å². The maximum absolute atomic E-state index is 12.4. The van der Waals surface area contributed by atoms with Crippen molar-refractivity contribution in [3.05, 3.63) is 18.2 Å². The number of rotatable bonds is 6. The number of carbonyl (C=O) groups excluding carboxylic acids is 1. The van der Waals surface area contributed by atoms with Crippen molar-refractivity contribution >= 4 is 17.6 Å². The van der Waals surface area contributed by atoms with Gasteiger partial charge in [-0.25, -0.2) is 0 Å². The molecule has 2 N–H and O–H groups in total. The minimum atomic E-state index is -1.14. The largest absolute Gasteiger partial charge is 0.497 e. The van der Waals surface area contributed by atoms with Crippen molar-refractivity contribution in [2.75, 3.05) is 32.6 Å². The number of hydrogen-bond acceptors (Lipinski definition) is 5. The van der Waals surface area contributed by atoms with Crippen LogP contribution in [0.4, 0.5) is 5.69 Å². The van der Waals surface area contributed by atoms with Gasteiger partial charge in [-0.15, -0.1) is 0 Å². The van der Waals surface area contributed by atoms with Crippen molar-refractivity contribution < 1.29 is 24.2 Å².